The van der Waals surface area contributed by atoms with Gasteiger partial charge in [-0.15, -0.1) is 11.3 Å². The second-order valence-corrected chi connectivity index (χ2v) is 6.80. The van der Waals surface area contributed by atoms with Gasteiger partial charge in [-0.2, -0.15) is 0 Å². The molecule has 0 aromatic carbocycles. The van der Waals surface area contributed by atoms with Gasteiger partial charge in [0.15, 0.2) is 0 Å². The second kappa shape index (κ2) is 5.44. The van der Waals surface area contributed by atoms with Crippen LogP contribution in [0.5, 0.6) is 0 Å². The van der Waals surface area contributed by atoms with Crippen molar-refractivity contribution in [3.05, 3.63) is 23.0 Å². The number of rotatable bonds is 4. The summed E-state index contributed by atoms with van der Waals surface area (Å²) >= 11 is 5.47. The lowest BCUT2D eigenvalue weighted by atomic mass is 9.97. The molecule has 92 valence electrons. The molecule has 2 aromatic rings. The van der Waals surface area contributed by atoms with Crippen molar-refractivity contribution in [2.75, 3.05) is 0 Å². The molecule has 2 aromatic heterocycles. The molecule has 2 nitrogen and oxygen atoms in total. The van der Waals surface area contributed by atoms with Crippen LogP contribution in [0.2, 0.25) is 0 Å². The van der Waals surface area contributed by atoms with Gasteiger partial charge in [0.05, 0.1) is 5.69 Å². The minimum atomic E-state index is 0.440. The molecule has 0 aliphatic rings. The van der Waals surface area contributed by atoms with Crippen molar-refractivity contribution >= 4 is 37.5 Å². The smallest absolute Gasteiger partial charge is 0.127 e. The number of hydrogen-bond acceptors (Lipinski definition) is 3. The molecule has 2 heterocycles. The summed E-state index contributed by atoms with van der Waals surface area (Å²) in [6.07, 6.45) is 3.86. The van der Waals surface area contributed by atoms with E-state index in [1.165, 1.54) is 16.0 Å². The number of halogens is 1. The van der Waals surface area contributed by atoms with Gasteiger partial charge in [0.2, 0.25) is 0 Å². The first kappa shape index (κ1) is 13.0. The summed E-state index contributed by atoms with van der Waals surface area (Å²) in [6, 6.07) is 2.26. The average molecular weight is 313 g/mol. The minimum Gasteiger partial charge on any atom is -0.240 e. The Morgan fingerprint density at radius 3 is 2.71 bits per heavy atom. The fourth-order valence-corrected chi connectivity index (χ4v) is 3.70. The quantitative estimate of drug-likeness (QED) is 0.775. The van der Waals surface area contributed by atoms with E-state index >= 15 is 0 Å². The Labute approximate surface area is 115 Å². The Balaban J connectivity index is 2.56. The molecule has 0 spiro atoms. The summed E-state index contributed by atoms with van der Waals surface area (Å²) < 4.78 is 0. The Kier molecular flexibility index (Phi) is 4.15. The van der Waals surface area contributed by atoms with E-state index in [1.807, 2.05) is 0 Å². The van der Waals surface area contributed by atoms with Crippen LogP contribution in [-0.4, -0.2) is 14.8 Å². The number of fused-ring (bicyclic) bond motifs is 1. The van der Waals surface area contributed by atoms with Crippen LogP contribution < -0.4 is 0 Å². The number of nitrogens with zero attached hydrogens (tertiary/aromatic N) is 2. The van der Waals surface area contributed by atoms with E-state index in [9.17, 15) is 0 Å². The first-order valence-corrected chi connectivity index (χ1v) is 7.77. The van der Waals surface area contributed by atoms with Crippen molar-refractivity contribution in [2.45, 2.75) is 44.4 Å². The Morgan fingerprint density at radius 1 is 1.35 bits per heavy atom. The molecule has 0 fully saturated rings. The van der Waals surface area contributed by atoms with E-state index in [4.69, 9.17) is 0 Å². The van der Waals surface area contributed by atoms with Gasteiger partial charge in [-0.05, 0) is 18.9 Å². The molecule has 2 unspecified atom stereocenters. The van der Waals surface area contributed by atoms with Crippen molar-refractivity contribution in [3.8, 4) is 0 Å². The predicted octanol–water partition coefficient (Wildman–Crippen LogP) is 4.53. The number of hydrogen-bond donors (Lipinski definition) is 0. The van der Waals surface area contributed by atoms with Gasteiger partial charge in [0.25, 0.3) is 0 Å². The van der Waals surface area contributed by atoms with Gasteiger partial charge in [0, 0.05) is 21.0 Å². The highest BCUT2D eigenvalue weighted by molar-refractivity contribution is 9.09. The van der Waals surface area contributed by atoms with Crippen molar-refractivity contribution in [1.82, 2.24) is 9.97 Å². The zero-order valence-corrected chi connectivity index (χ0v) is 12.8. The Hall–Kier alpha value is -0.480. The van der Waals surface area contributed by atoms with Crippen LogP contribution in [-0.2, 0) is 6.42 Å². The van der Waals surface area contributed by atoms with Gasteiger partial charge < -0.3 is 0 Å². The van der Waals surface area contributed by atoms with E-state index in [1.54, 1.807) is 17.7 Å². The lowest BCUT2D eigenvalue weighted by molar-refractivity contribution is 0.648. The minimum absolute atomic E-state index is 0.440. The summed E-state index contributed by atoms with van der Waals surface area (Å²) in [5, 5.41) is 1.24. The predicted molar refractivity (Wildman–Crippen MR) is 78.2 cm³/mol. The van der Waals surface area contributed by atoms with Gasteiger partial charge in [0.1, 0.15) is 11.2 Å². The molecule has 0 radical (unpaired) electrons. The topological polar surface area (TPSA) is 25.8 Å². The van der Waals surface area contributed by atoms with E-state index in [0.29, 0.717) is 10.7 Å². The van der Waals surface area contributed by atoms with Crippen LogP contribution in [0.4, 0.5) is 0 Å². The summed E-state index contributed by atoms with van der Waals surface area (Å²) in [4.78, 5) is 11.8. The molecule has 0 saturated heterocycles. The van der Waals surface area contributed by atoms with E-state index in [2.05, 4.69) is 52.7 Å². The van der Waals surface area contributed by atoms with Crippen LogP contribution in [0.15, 0.2) is 12.4 Å². The first-order chi connectivity index (χ1) is 8.17. The van der Waals surface area contributed by atoms with Gasteiger partial charge in [-0.3, -0.25) is 0 Å². The van der Waals surface area contributed by atoms with Gasteiger partial charge in [-0.1, -0.05) is 36.7 Å². The summed E-state index contributed by atoms with van der Waals surface area (Å²) in [5.41, 5.74) is 1.19. The van der Waals surface area contributed by atoms with Crippen molar-refractivity contribution in [1.29, 1.82) is 0 Å². The molecule has 2 rings (SSSR count). The highest BCUT2D eigenvalue weighted by atomic mass is 79.9. The van der Waals surface area contributed by atoms with E-state index < -0.39 is 0 Å². The molecule has 0 aliphatic carbocycles. The molecule has 0 bridgehead atoms. The monoisotopic (exact) mass is 312 g/mol. The number of thiophene rings is 1. The lowest BCUT2D eigenvalue weighted by Crippen LogP contribution is -2.10. The fourth-order valence-electron chi connectivity index (χ4n) is 2.13. The van der Waals surface area contributed by atoms with Crippen LogP contribution in [0.1, 0.15) is 43.7 Å². The third-order valence-corrected chi connectivity index (χ3v) is 4.93. The highest BCUT2D eigenvalue weighted by Gasteiger charge is 2.20. The SMILES string of the molecule is CCc1cc2c(C(CC)C(C)Br)ncnc2s1. The molecule has 0 aliphatic heterocycles. The third-order valence-electron chi connectivity index (χ3n) is 3.11. The van der Waals surface area contributed by atoms with Gasteiger partial charge >= 0.3 is 0 Å². The molecule has 0 saturated carbocycles. The number of alkyl halides is 1. The van der Waals surface area contributed by atoms with E-state index in [-0.39, 0.29) is 0 Å². The number of aromatic nitrogens is 2. The van der Waals surface area contributed by atoms with E-state index in [0.717, 1.165) is 17.7 Å². The first-order valence-electron chi connectivity index (χ1n) is 6.04. The zero-order chi connectivity index (χ0) is 12.4. The largest absolute Gasteiger partial charge is 0.240 e. The normalized spacial score (nSPS) is 15.1. The zero-order valence-electron chi connectivity index (χ0n) is 10.4. The van der Waals surface area contributed by atoms with Crippen LogP contribution >= 0.6 is 27.3 Å². The fraction of sp³-hybridized carbons (Fsp3) is 0.538. The van der Waals surface area contributed by atoms with Crippen molar-refractivity contribution < 1.29 is 0 Å². The van der Waals surface area contributed by atoms with Crippen molar-refractivity contribution in [3.63, 3.8) is 0 Å². The Morgan fingerprint density at radius 2 is 2.12 bits per heavy atom. The van der Waals surface area contributed by atoms with Crippen LogP contribution in [0.25, 0.3) is 10.2 Å². The summed E-state index contributed by atoms with van der Waals surface area (Å²) in [6.45, 7) is 6.58. The standard InChI is InChI=1S/C13H17BrN2S/c1-4-9-6-11-12(10(5-2)8(3)14)15-7-16-13(11)17-9/h6-8,10H,4-5H2,1-3H3. The summed E-state index contributed by atoms with van der Waals surface area (Å²) in [5.74, 6) is 0.458. The molecular weight excluding hydrogens is 296 g/mol. The maximum atomic E-state index is 4.51. The average Bonchev–Trinajstić information content (AvgIpc) is 2.73. The highest BCUT2D eigenvalue weighted by Crippen LogP contribution is 2.34. The maximum Gasteiger partial charge on any atom is 0.127 e. The molecule has 4 heteroatoms. The third kappa shape index (κ3) is 2.52. The Bertz CT molecular complexity index is 507. The molecule has 17 heavy (non-hydrogen) atoms. The van der Waals surface area contributed by atoms with Crippen LogP contribution in [0.3, 0.4) is 0 Å². The molecule has 2 atom stereocenters. The molecular formula is C13H17BrN2S. The number of aryl methyl sites for hydroxylation is 1. The van der Waals surface area contributed by atoms with Crippen LogP contribution in [0, 0.1) is 0 Å². The summed E-state index contributed by atoms with van der Waals surface area (Å²) in [7, 11) is 0. The molecule has 0 amide bonds. The lowest BCUT2D eigenvalue weighted by Gasteiger charge is -2.17. The molecule has 0 N–H and O–H groups in total. The van der Waals surface area contributed by atoms with Gasteiger partial charge in [-0.25, -0.2) is 9.97 Å². The second-order valence-electron chi connectivity index (χ2n) is 4.24. The maximum absolute atomic E-state index is 4.51. The van der Waals surface area contributed by atoms with Crippen molar-refractivity contribution in [2.24, 2.45) is 0 Å².